The zero-order valence-corrected chi connectivity index (χ0v) is 12.5. The Labute approximate surface area is 121 Å². The minimum Gasteiger partial charge on any atom is -0.381 e. The average Bonchev–Trinajstić information content (AvgIpc) is 2.46. The first-order valence-electron chi connectivity index (χ1n) is 7.40. The first kappa shape index (κ1) is 15.3. The minimum absolute atomic E-state index is 0.179. The van der Waals surface area contributed by atoms with Crippen LogP contribution in [0.4, 0.5) is 10.1 Å². The van der Waals surface area contributed by atoms with Gasteiger partial charge in [-0.1, -0.05) is 13.0 Å². The Morgan fingerprint density at radius 3 is 2.75 bits per heavy atom. The first-order valence-corrected chi connectivity index (χ1v) is 7.40. The molecule has 1 aliphatic heterocycles. The highest BCUT2D eigenvalue weighted by molar-refractivity contribution is 5.45. The van der Waals surface area contributed by atoms with E-state index in [1.54, 1.807) is 12.1 Å². The lowest BCUT2D eigenvalue weighted by molar-refractivity contribution is 0.0190. The highest BCUT2D eigenvalue weighted by atomic mass is 19.1. The highest BCUT2D eigenvalue weighted by Gasteiger charge is 2.33. The van der Waals surface area contributed by atoms with E-state index in [2.05, 4.69) is 17.1 Å². The number of anilines is 1. The predicted octanol–water partition coefficient (Wildman–Crippen LogP) is 2.67. The van der Waals surface area contributed by atoms with Crippen LogP contribution >= 0.6 is 0 Å². The number of nitrogens with zero attached hydrogens (tertiary/aromatic N) is 1. The lowest BCUT2D eigenvalue weighted by Gasteiger charge is -2.41. The standard InChI is InChI=1S/C16H25FN2O/c1-3-18-12-16(7-9-20-10-8-16)13-19(2)15-6-4-5-14(17)11-15/h4-6,11,18H,3,7-10,12-13H2,1-2H3. The fraction of sp³-hybridized carbons (Fsp3) is 0.625. The third kappa shape index (κ3) is 3.93. The minimum atomic E-state index is -0.179. The van der Waals surface area contributed by atoms with Crippen molar-refractivity contribution < 1.29 is 9.13 Å². The molecule has 1 heterocycles. The van der Waals surface area contributed by atoms with Gasteiger partial charge in [0.05, 0.1) is 0 Å². The van der Waals surface area contributed by atoms with Crippen LogP contribution in [0.3, 0.4) is 0 Å². The summed E-state index contributed by atoms with van der Waals surface area (Å²) in [4.78, 5) is 2.16. The van der Waals surface area contributed by atoms with E-state index in [0.29, 0.717) is 0 Å². The third-order valence-electron chi connectivity index (χ3n) is 4.13. The van der Waals surface area contributed by atoms with E-state index in [0.717, 1.165) is 51.4 Å². The molecule has 0 bridgehead atoms. The SMILES string of the molecule is CCNCC1(CN(C)c2cccc(F)c2)CCOCC1. The van der Waals surface area contributed by atoms with Crippen molar-refractivity contribution in [1.82, 2.24) is 5.32 Å². The maximum Gasteiger partial charge on any atom is 0.125 e. The normalized spacial score (nSPS) is 17.9. The number of rotatable bonds is 6. The number of ether oxygens (including phenoxy) is 1. The van der Waals surface area contributed by atoms with Crippen molar-refractivity contribution in [3.8, 4) is 0 Å². The molecule has 0 unspecified atom stereocenters. The summed E-state index contributed by atoms with van der Waals surface area (Å²) in [5.74, 6) is -0.179. The van der Waals surface area contributed by atoms with Crippen molar-refractivity contribution in [3.63, 3.8) is 0 Å². The Balaban J connectivity index is 2.06. The van der Waals surface area contributed by atoms with E-state index in [9.17, 15) is 4.39 Å². The second kappa shape index (κ2) is 7.04. The fourth-order valence-electron chi connectivity index (χ4n) is 2.89. The van der Waals surface area contributed by atoms with E-state index < -0.39 is 0 Å². The van der Waals surface area contributed by atoms with Crippen molar-refractivity contribution >= 4 is 5.69 Å². The first-order chi connectivity index (χ1) is 9.65. The molecule has 1 fully saturated rings. The second-order valence-corrected chi connectivity index (χ2v) is 5.73. The van der Waals surface area contributed by atoms with Crippen LogP contribution in [-0.2, 0) is 4.74 Å². The molecule has 112 valence electrons. The van der Waals surface area contributed by atoms with Gasteiger partial charge in [-0.25, -0.2) is 4.39 Å². The summed E-state index contributed by atoms with van der Waals surface area (Å²) >= 11 is 0. The largest absolute Gasteiger partial charge is 0.381 e. The topological polar surface area (TPSA) is 24.5 Å². The fourth-order valence-corrected chi connectivity index (χ4v) is 2.89. The van der Waals surface area contributed by atoms with Crippen LogP contribution in [0.5, 0.6) is 0 Å². The van der Waals surface area contributed by atoms with Crippen molar-refractivity contribution in [2.45, 2.75) is 19.8 Å². The monoisotopic (exact) mass is 280 g/mol. The molecule has 4 heteroatoms. The molecule has 1 N–H and O–H groups in total. The highest BCUT2D eigenvalue weighted by Crippen LogP contribution is 2.32. The molecule has 20 heavy (non-hydrogen) atoms. The summed E-state index contributed by atoms with van der Waals surface area (Å²) < 4.78 is 18.8. The summed E-state index contributed by atoms with van der Waals surface area (Å²) in [6.07, 6.45) is 2.11. The van der Waals surface area contributed by atoms with Gasteiger partial charge >= 0.3 is 0 Å². The van der Waals surface area contributed by atoms with Crippen LogP contribution in [0.15, 0.2) is 24.3 Å². The molecule has 0 aromatic heterocycles. The van der Waals surface area contributed by atoms with Gasteiger partial charge in [0.1, 0.15) is 5.82 Å². The van der Waals surface area contributed by atoms with Gasteiger partial charge in [-0.3, -0.25) is 0 Å². The Hall–Kier alpha value is -1.13. The number of hydrogen-bond acceptors (Lipinski definition) is 3. The van der Waals surface area contributed by atoms with E-state index in [1.165, 1.54) is 6.07 Å². The smallest absolute Gasteiger partial charge is 0.125 e. The zero-order valence-electron chi connectivity index (χ0n) is 12.5. The van der Waals surface area contributed by atoms with Crippen LogP contribution < -0.4 is 10.2 Å². The van der Waals surface area contributed by atoms with Gasteiger partial charge in [0.15, 0.2) is 0 Å². The van der Waals surface area contributed by atoms with Crippen LogP contribution in [-0.4, -0.2) is 39.9 Å². The summed E-state index contributed by atoms with van der Waals surface area (Å²) in [6.45, 7) is 6.67. The number of hydrogen-bond donors (Lipinski definition) is 1. The van der Waals surface area contributed by atoms with Gasteiger partial charge in [0, 0.05) is 44.5 Å². The van der Waals surface area contributed by atoms with Gasteiger partial charge in [-0.15, -0.1) is 0 Å². The Kier molecular flexibility index (Phi) is 5.38. The molecular formula is C16H25FN2O. The Morgan fingerprint density at radius 1 is 1.35 bits per heavy atom. The molecule has 1 aromatic rings. The third-order valence-corrected chi connectivity index (χ3v) is 4.13. The predicted molar refractivity (Wildman–Crippen MR) is 80.7 cm³/mol. The Morgan fingerprint density at radius 2 is 2.10 bits per heavy atom. The molecule has 1 saturated heterocycles. The van der Waals surface area contributed by atoms with Crippen molar-refractivity contribution in [1.29, 1.82) is 0 Å². The molecule has 2 rings (SSSR count). The molecule has 1 aliphatic rings. The van der Waals surface area contributed by atoms with Crippen molar-refractivity contribution in [3.05, 3.63) is 30.1 Å². The quantitative estimate of drug-likeness (QED) is 0.867. The molecule has 0 saturated carbocycles. The molecule has 0 radical (unpaired) electrons. The van der Waals surface area contributed by atoms with E-state index in [-0.39, 0.29) is 11.2 Å². The van der Waals surface area contributed by atoms with Gasteiger partial charge in [-0.05, 0) is 37.6 Å². The summed E-state index contributed by atoms with van der Waals surface area (Å²) in [5.41, 5.74) is 1.15. The van der Waals surface area contributed by atoms with Crippen LogP contribution in [0.25, 0.3) is 0 Å². The number of halogens is 1. The van der Waals surface area contributed by atoms with E-state index in [1.807, 2.05) is 13.1 Å². The zero-order chi connectivity index (χ0) is 14.4. The van der Waals surface area contributed by atoms with Gasteiger partial charge in [-0.2, -0.15) is 0 Å². The molecule has 0 atom stereocenters. The maximum atomic E-state index is 13.3. The molecule has 3 nitrogen and oxygen atoms in total. The maximum absolute atomic E-state index is 13.3. The van der Waals surface area contributed by atoms with Gasteiger partial charge < -0.3 is 15.0 Å². The average molecular weight is 280 g/mol. The van der Waals surface area contributed by atoms with Crippen LogP contribution in [0.2, 0.25) is 0 Å². The van der Waals surface area contributed by atoms with Crippen molar-refractivity contribution in [2.75, 3.05) is 44.8 Å². The molecule has 0 amide bonds. The summed E-state index contributed by atoms with van der Waals surface area (Å²) in [6, 6.07) is 6.81. The van der Waals surface area contributed by atoms with E-state index >= 15 is 0 Å². The van der Waals surface area contributed by atoms with E-state index in [4.69, 9.17) is 4.74 Å². The summed E-state index contributed by atoms with van der Waals surface area (Å²) in [5, 5.41) is 3.47. The number of nitrogens with one attached hydrogen (secondary N) is 1. The van der Waals surface area contributed by atoms with Crippen LogP contribution in [0, 0.1) is 11.2 Å². The second-order valence-electron chi connectivity index (χ2n) is 5.73. The lowest BCUT2D eigenvalue weighted by atomic mass is 9.79. The Bertz CT molecular complexity index is 419. The van der Waals surface area contributed by atoms with Crippen LogP contribution in [0.1, 0.15) is 19.8 Å². The molecular weight excluding hydrogens is 255 g/mol. The molecule has 0 spiro atoms. The van der Waals surface area contributed by atoms with Crippen molar-refractivity contribution in [2.24, 2.45) is 5.41 Å². The summed E-state index contributed by atoms with van der Waals surface area (Å²) in [7, 11) is 2.04. The van der Waals surface area contributed by atoms with Gasteiger partial charge in [0.2, 0.25) is 0 Å². The lowest BCUT2D eigenvalue weighted by Crippen LogP contribution is -2.46. The molecule has 1 aromatic carbocycles. The molecule has 0 aliphatic carbocycles. The number of benzene rings is 1. The van der Waals surface area contributed by atoms with Gasteiger partial charge in [0.25, 0.3) is 0 Å².